The SMILES string of the molecule is N[C@@H]1CCN(C(=O)[C@@H]2CN(Cc3ccc(-c4ccc(C(F)(F)F)cc4)cc3)CCN2S(=O)(=O)c2ccc(OCC3CCCCC3)cc2)CC1(F)F. The summed E-state index contributed by atoms with van der Waals surface area (Å²) >= 11 is 0. The Morgan fingerprint density at radius 3 is 2.08 bits per heavy atom. The molecule has 0 aromatic heterocycles. The molecule has 2 heterocycles. The van der Waals surface area contributed by atoms with Crippen LogP contribution < -0.4 is 10.5 Å². The second-order valence-electron chi connectivity index (χ2n) is 13.8. The molecule has 3 aliphatic rings. The van der Waals surface area contributed by atoms with E-state index in [4.69, 9.17) is 10.5 Å². The van der Waals surface area contributed by atoms with Crippen molar-refractivity contribution in [1.82, 2.24) is 14.1 Å². The summed E-state index contributed by atoms with van der Waals surface area (Å²) in [6.45, 7) is 0.175. The molecule has 3 aromatic rings. The zero-order valence-electron chi connectivity index (χ0n) is 28.2. The monoisotopic (exact) mass is 734 g/mol. The van der Waals surface area contributed by atoms with Crippen LogP contribution in [0.1, 0.15) is 49.7 Å². The van der Waals surface area contributed by atoms with Crippen molar-refractivity contribution in [2.75, 3.05) is 39.3 Å². The maximum absolute atomic E-state index is 14.7. The summed E-state index contributed by atoms with van der Waals surface area (Å²) in [5, 5.41) is 0. The van der Waals surface area contributed by atoms with E-state index in [2.05, 4.69) is 0 Å². The summed E-state index contributed by atoms with van der Waals surface area (Å²) in [4.78, 5) is 16.8. The van der Waals surface area contributed by atoms with Gasteiger partial charge in [0.1, 0.15) is 11.8 Å². The van der Waals surface area contributed by atoms with Crippen LogP contribution in [0.4, 0.5) is 22.0 Å². The molecule has 0 bridgehead atoms. The number of carbonyl (C=O) groups excluding carboxylic acids is 1. The molecule has 0 spiro atoms. The molecule has 6 rings (SSSR count). The predicted molar refractivity (Wildman–Crippen MR) is 182 cm³/mol. The van der Waals surface area contributed by atoms with Gasteiger partial charge in [0, 0.05) is 32.7 Å². The van der Waals surface area contributed by atoms with Gasteiger partial charge in [-0.2, -0.15) is 17.5 Å². The maximum Gasteiger partial charge on any atom is 0.416 e. The number of carbonyl (C=O) groups is 1. The Labute approximate surface area is 295 Å². The van der Waals surface area contributed by atoms with Crippen molar-refractivity contribution >= 4 is 15.9 Å². The zero-order chi connectivity index (χ0) is 36.4. The first-order chi connectivity index (χ1) is 24.2. The molecule has 0 unspecified atom stereocenters. The van der Waals surface area contributed by atoms with E-state index in [-0.39, 0.29) is 37.5 Å². The Bertz CT molecular complexity index is 1750. The van der Waals surface area contributed by atoms with Gasteiger partial charge in [-0.1, -0.05) is 55.7 Å². The normalized spacial score (nSPS) is 22.5. The van der Waals surface area contributed by atoms with Crippen molar-refractivity contribution in [1.29, 1.82) is 0 Å². The topological polar surface area (TPSA) is 96.2 Å². The first-order valence-electron chi connectivity index (χ1n) is 17.4. The number of rotatable bonds is 9. The number of benzene rings is 3. The van der Waals surface area contributed by atoms with Crippen LogP contribution in [0.3, 0.4) is 0 Å². The quantitative estimate of drug-likeness (QED) is 0.256. The molecule has 1 amide bonds. The van der Waals surface area contributed by atoms with E-state index in [0.717, 1.165) is 39.7 Å². The number of amides is 1. The molecule has 51 heavy (non-hydrogen) atoms. The highest BCUT2D eigenvalue weighted by molar-refractivity contribution is 7.89. The van der Waals surface area contributed by atoms with Crippen LogP contribution in [-0.4, -0.2) is 85.8 Å². The number of hydrogen-bond donors (Lipinski definition) is 1. The third-order valence-corrected chi connectivity index (χ3v) is 12.1. The fourth-order valence-corrected chi connectivity index (χ4v) is 8.70. The molecule has 3 aromatic carbocycles. The molecule has 2 saturated heterocycles. The lowest BCUT2D eigenvalue weighted by molar-refractivity contribution is -0.149. The highest BCUT2D eigenvalue weighted by Gasteiger charge is 2.48. The van der Waals surface area contributed by atoms with Crippen LogP contribution >= 0.6 is 0 Å². The van der Waals surface area contributed by atoms with E-state index < -0.39 is 52.2 Å². The Kier molecular flexibility index (Phi) is 11.1. The minimum absolute atomic E-state index is 0.0155. The molecular formula is C37H43F5N4O4S. The van der Waals surface area contributed by atoms with Crippen molar-refractivity contribution < 1.29 is 39.9 Å². The number of alkyl halides is 5. The van der Waals surface area contributed by atoms with Crippen molar-refractivity contribution in [3.63, 3.8) is 0 Å². The van der Waals surface area contributed by atoms with Crippen LogP contribution in [-0.2, 0) is 27.5 Å². The van der Waals surface area contributed by atoms with Gasteiger partial charge in [-0.05, 0) is 78.3 Å². The first-order valence-corrected chi connectivity index (χ1v) is 18.8. The van der Waals surface area contributed by atoms with Gasteiger partial charge in [0.15, 0.2) is 0 Å². The van der Waals surface area contributed by atoms with Crippen LogP contribution in [0.5, 0.6) is 5.75 Å². The molecule has 1 saturated carbocycles. The van der Waals surface area contributed by atoms with Gasteiger partial charge in [0.05, 0.1) is 29.7 Å². The second-order valence-corrected chi connectivity index (χ2v) is 15.7. The summed E-state index contributed by atoms with van der Waals surface area (Å²) < 4.78 is 103. The molecule has 2 N–H and O–H groups in total. The Hall–Kier alpha value is -3.59. The molecule has 3 fully saturated rings. The molecule has 276 valence electrons. The minimum Gasteiger partial charge on any atom is -0.493 e. The van der Waals surface area contributed by atoms with Gasteiger partial charge in [0.2, 0.25) is 15.9 Å². The third-order valence-electron chi connectivity index (χ3n) is 10.2. The van der Waals surface area contributed by atoms with Crippen LogP contribution in [0.25, 0.3) is 11.1 Å². The van der Waals surface area contributed by atoms with Gasteiger partial charge in [-0.3, -0.25) is 9.69 Å². The molecule has 8 nitrogen and oxygen atoms in total. The van der Waals surface area contributed by atoms with Crippen LogP contribution in [0, 0.1) is 5.92 Å². The van der Waals surface area contributed by atoms with Crippen molar-refractivity contribution in [3.05, 3.63) is 83.9 Å². The van der Waals surface area contributed by atoms with Gasteiger partial charge >= 0.3 is 6.18 Å². The lowest BCUT2D eigenvalue weighted by Crippen LogP contribution is -2.64. The molecule has 2 atom stereocenters. The van der Waals surface area contributed by atoms with Gasteiger partial charge in [0.25, 0.3) is 5.92 Å². The second kappa shape index (κ2) is 15.2. The highest BCUT2D eigenvalue weighted by atomic mass is 32.2. The molecular weight excluding hydrogens is 691 g/mol. The summed E-state index contributed by atoms with van der Waals surface area (Å²) in [6, 6.07) is 15.5. The third kappa shape index (κ3) is 8.73. The van der Waals surface area contributed by atoms with E-state index in [1.807, 2.05) is 17.0 Å². The molecule has 2 aliphatic heterocycles. The van der Waals surface area contributed by atoms with Gasteiger partial charge in [-0.25, -0.2) is 17.2 Å². The van der Waals surface area contributed by atoms with Gasteiger partial charge in [-0.15, -0.1) is 0 Å². The zero-order valence-corrected chi connectivity index (χ0v) is 29.0. The molecule has 14 heteroatoms. The number of piperazine rings is 1. The molecule has 1 aliphatic carbocycles. The number of ether oxygens (including phenoxy) is 1. The first kappa shape index (κ1) is 37.2. The number of nitrogens with two attached hydrogens (primary N) is 1. The average molecular weight is 735 g/mol. The van der Waals surface area contributed by atoms with Gasteiger partial charge < -0.3 is 15.4 Å². The average Bonchev–Trinajstić information content (AvgIpc) is 3.12. The highest BCUT2D eigenvalue weighted by Crippen LogP contribution is 2.33. The molecule has 0 radical (unpaired) electrons. The lowest BCUT2D eigenvalue weighted by atomic mass is 9.90. The number of nitrogens with zero attached hydrogens (tertiary/aromatic N) is 3. The largest absolute Gasteiger partial charge is 0.493 e. The van der Waals surface area contributed by atoms with E-state index in [9.17, 15) is 35.2 Å². The standard InChI is InChI=1S/C37H43F5N4O4S/c38-36(39)25-45(19-18-34(36)43)35(47)33-23-44(22-26-6-8-28(9-7-26)29-10-12-30(13-11-29)37(40,41)42)20-21-46(33)51(48,49)32-16-14-31(15-17-32)50-24-27-4-2-1-3-5-27/h6-17,27,33-34H,1-5,18-25,43H2/t33-,34+/m0/s1. The lowest BCUT2D eigenvalue weighted by Gasteiger charge is -2.43. The minimum atomic E-state index is -4.43. The summed E-state index contributed by atoms with van der Waals surface area (Å²) in [5.41, 5.74) is 7.04. The fourth-order valence-electron chi connectivity index (χ4n) is 7.13. The van der Waals surface area contributed by atoms with Crippen molar-refractivity contribution in [2.24, 2.45) is 11.7 Å². The van der Waals surface area contributed by atoms with E-state index in [1.165, 1.54) is 43.5 Å². The maximum atomic E-state index is 14.7. The number of halogens is 5. The number of likely N-dealkylation sites (tertiary alicyclic amines) is 1. The van der Waals surface area contributed by atoms with Crippen molar-refractivity contribution in [3.8, 4) is 16.9 Å². The number of hydrogen-bond acceptors (Lipinski definition) is 6. The van der Waals surface area contributed by atoms with E-state index in [0.29, 0.717) is 35.9 Å². The van der Waals surface area contributed by atoms with Crippen LogP contribution in [0.2, 0.25) is 0 Å². The fraction of sp³-hybridized carbons (Fsp3) is 0.486. The summed E-state index contributed by atoms with van der Waals surface area (Å²) in [7, 11) is -4.21. The Morgan fingerprint density at radius 1 is 0.843 bits per heavy atom. The Morgan fingerprint density at radius 2 is 1.47 bits per heavy atom. The number of piperidine rings is 1. The predicted octanol–water partition coefficient (Wildman–Crippen LogP) is 6.40. The smallest absolute Gasteiger partial charge is 0.416 e. The summed E-state index contributed by atoms with van der Waals surface area (Å²) in [5.74, 6) is -3.00. The van der Waals surface area contributed by atoms with E-state index in [1.54, 1.807) is 24.3 Å². The van der Waals surface area contributed by atoms with Crippen molar-refractivity contribution in [2.45, 2.75) is 74.1 Å². The Balaban J connectivity index is 1.17. The van der Waals surface area contributed by atoms with E-state index >= 15 is 0 Å². The summed E-state index contributed by atoms with van der Waals surface area (Å²) in [6.07, 6.45) is 1.26. The number of sulfonamides is 1. The van der Waals surface area contributed by atoms with Crippen LogP contribution in [0.15, 0.2) is 77.7 Å².